The summed E-state index contributed by atoms with van der Waals surface area (Å²) in [6, 6.07) is 8.64. The fraction of sp³-hybridized carbons (Fsp3) is 0.176. The maximum atomic E-state index is 12.3. The number of nitrogens with zero attached hydrogens (tertiary/aromatic N) is 2. The maximum Gasteiger partial charge on any atom is 0.573 e. The third-order valence-corrected chi connectivity index (χ3v) is 3.88. The third-order valence-electron chi connectivity index (χ3n) is 3.54. The number of rotatable bonds is 5. The lowest BCUT2D eigenvalue weighted by Crippen LogP contribution is -2.17. The summed E-state index contributed by atoms with van der Waals surface area (Å²) < 4.78 is 41.9. The van der Waals surface area contributed by atoms with Crippen LogP contribution in [0.15, 0.2) is 48.8 Å². The molecule has 3 aromatic rings. The van der Waals surface area contributed by atoms with Crippen LogP contribution in [0.2, 0.25) is 5.02 Å². The molecule has 25 heavy (non-hydrogen) atoms. The Morgan fingerprint density at radius 1 is 1.12 bits per heavy atom. The summed E-state index contributed by atoms with van der Waals surface area (Å²) in [6.07, 6.45) is -1.25. The van der Waals surface area contributed by atoms with E-state index in [0.29, 0.717) is 21.9 Å². The van der Waals surface area contributed by atoms with Crippen LogP contribution in [0.4, 0.5) is 13.2 Å². The monoisotopic (exact) mass is 368 g/mol. The summed E-state index contributed by atoms with van der Waals surface area (Å²) in [5.41, 5.74) is 1.90. The molecule has 0 amide bonds. The van der Waals surface area contributed by atoms with E-state index in [9.17, 15) is 18.0 Å². The first-order valence-electron chi connectivity index (χ1n) is 7.29. The van der Waals surface area contributed by atoms with Gasteiger partial charge < -0.3 is 9.14 Å². The number of imidazole rings is 1. The number of hydrogen-bond acceptors (Lipinski definition) is 3. The molecule has 8 heteroatoms. The Bertz CT molecular complexity index is 904. The van der Waals surface area contributed by atoms with Crippen molar-refractivity contribution in [3.63, 3.8) is 0 Å². The van der Waals surface area contributed by atoms with E-state index in [1.54, 1.807) is 28.9 Å². The molecule has 0 aliphatic rings. The predicted molar refractivity (Wildman–Crippen MR) is 85.7 cm³/mol. The largest absolute Gasteiger partial charge is 0.573 e. The second kappa shape index (κ2) is 6.76. The topological polar surface area (TPSA) is 43.6 Å². The van der Waals surface area contributed by atoms with Crippen molar-refractivity contribution in [2.75, 3.05) is 0 Å². The first kappa shape index (κ1) is 17.3. The number of pyridine rings is 1. The zero-order valence-electron chi connectivity index (χ0n) is 12.8. The smallest absolute Gasteiger partial charge is 0.406 e. The van der Waals surface area contributed by atoms with Crippen molar-refractivity contribution in [1.82, 2.24) is 9.38 Å². The van der Waals surface area contributed by atoms with Crippen LogP contribution in [0.25, 0.3) is 5.65 Å². The van der Waals surface area contributed by atoms with Gasteiger partial charge in [0, 0.05) is 25.2 Å². The van der Waals surface area contributed by atoms with Gasteiger partial charge in [0.15, 0.2) is 0 Å². The normalized spacial score (nSPS) is 11.7. The molecule has 2 aromatic heterocycles. The minimum atomic E-state index is -4.74. The first-order chi connectivity index (χ1) is 11.8. The minimum absolute atomic E-state index is 0.0771. The van der Waals surface area contributed by atoms with Gasteiger partial charge in [-0.2, -0.15) is 0 Å². The molecule has 0 N–H and O–H groups in total. The van der Waals surface area contributed by atoms with Gasteiger partial charge in [-0.05, 0) is 29.8 Å². The first-order valence-corrected chi connectivity index (χ1v) is 7.66. The van der Waals surface area contributed by atoms with Gasteiger partial charge in [0.25, 0.3) is 0 Å². The average Bonchev–Trinajstić information content (AvgIpc) is 2.99. The molecule has 0 fully saturated rings. The fourth-order valence-corrected chi connectivity index (χ4v) is 2.70. The van der Waals surface area contributed by atoms with E-state index in [1.165, 1.54) is 24.3 Å². The summed E-state index contributed by atoms with van der Waals surface area (Å²) in [5.74, 6) is -0.442. The van der Waals surface area contributed by atoms with E-state index in [2.05, 4.69) is 9.72 Å². The summed E-state index contributed by atoms with van der Waals surface area (Å²) in [4.78, 5) is 16.4. The molecule has 0 aliphatic heterocycles. The number of carbonyl (C=O) groups is 1. The van der Waals surface area contributed by atoms with Crippen LogP contribution in [0.3, 0.4) is 0 Å². The number of carbonyl (C=O) groups excluding carboxylic acids is 1. The van der Waals surface area contributed by atoms with Crippen molar-refractivity contribution in [3.05, 3.63) is 65.1 Å². The van der Waals surface area contributed by atoms with Crippen LogP contribution >= 0.6 is 11.6 Å². The molecular weight excluding hydrogens is 357 g/mol. The Hall–Kier alpha value is -2.54. The van der Waals surface area contributed by atoms with Crippen LogP contribution in [0.1, 0.15) is 11.3 Å². The lowest BCUT2D eigenvalue weighted by atomic mass is 10.1. The minimum Gasteiger partial charge on any atom is -0.406 e. The number of fused-ring (bicyclic) bond motifs is 1. The summed E-state index contributed by atoms with van der Waals surface area (Å²) in [6.45, 7) is 0. The highest BCUT2D eigenvalue weighted by atomic mass is 35.5. The van der Waals surface area contributed by atoms with E-state index in [-0.39, 0.29) is 24.4 Å². The average molecular weight is 369 g/mol. The van der Waals surface area contributed by atoms with Crippen LogP contribution in [0.5, 0.6) is 5.75 Å². The van der Waals surface area contributed by atoms with Crippen LogP contribution in [-0.2, 0) is 17.6 Å². The molecule has 130 valence electrons. The van der Waals surface area contributed by atoms with Gasteiger partial charge in [0.1, 0.15) is 17.2 Å². The number of alkyl halides is 3. The maximum absolute atomic E-state index is 12.3. The molecule has 0 radical (unpaired) electrons. The quantitative estimate of drug-likeness (QED) is 0.676. The molecule has 2 heterocycles. The van der Waals surface area contributed by atoms with E-state index >= 15 is 0 Å². The number of ketones is 1. The third kappa shape index (κ3) is 4.30. The van der Waals surface area contributed by atoms with Crippen molar-refractivity contribution in [2.45, 2.75) is 19.2 Å². The van der Waals surface area contributed by atoms with Gasteiger partial charge in [-0.25, -0.2) is 4.98 Å². The Balaban J connectivity index is 1.70. The Kier molecular flexibility index (Phi) is 4.67. The Morgan fingerprint density at radius 3 is 2.52 bits per heavy atom. The number of halogens is 4. The highest BCUT2D eigenvalue weighted by Gasteiger charge is 2.30. The van der Waals surface area contributed by atoms with E-state index in [0.717, 1.165) is 0 Å². The zero-order valence-corrected chi connectivity index (χ0v) is 13.5. The van der Waals surface area contributed by atoms with Crippen molar-refractivity contribution in [3.8, 4) is 5.75 Å². The highest BCUT2D eigenvalue weighted by molar-refractivity contribution is 6.31. The number of hydrogen-bond donors (Lipinski definition) is 0. The number of Topliss-reactive ketones (excluding diaryl/α,β-unsaturated/α-hetero) is 1. The second-order valence-corrected chi connectivity index (χ2v) is 5.77. The molecule has 4 nitrogen and oxygen atoms in total. The van der Waals surface area contributed by atoms with Gasteiger partial charge >= 0.3 is 6.36 Å². The standard InChI is InChI=1S/C17H12ClF3N2O2/c18-14-5-6-16-22-7-8-23(16)15(14)10-12(24)9-11-1-3-13(4-2-11)25-17(19,20)21/h1-8H,9-10H2. The SMILES string of the molecule is O=C(Cc1ccc(OC(F)(F)F)cc1)Cc1c(Cl)ccc2nccn12. The number of benzene rings is 1. The van der Waals surface area contributed by atoms with Gasteiger partial charge in [-0.1, -0.05) is 23.7 Å². The Morgan fingerprint density at radius 2 is 1.84 bits per heavy atom. The molecule has 0 bridgehead atoms. The summed E-state index contributed by atoms with van der Waals surface area (Å²) >= 11 is 6.17. The number of aromatic nitrogens is 2. The molecule has 1 aromatic carbocycles. The molecule has 0 saturated carbocycles. The molecule has 0 unspecified atom stereocenters. The highest BCUT2D eigenvalue weighted by Crippen LogP contribution is 2.23. The van der Waals surface area contributed by atoms with Gasteiger partial charge in [0.2, 0.25) is 0 Å². The lowest BCUT2D eigenvalue weighted by Gasteiger charge is -2.10. The Labute approximate surface area is 145 Å². The molecule has 0 aliphatic carbocycles. The van der Waals surface area contributed by atoms with Crippen molar-refractivity contribution in [2.24, 2.45) is 0 Å². The molecule has 0 spiro atoms. The van der Waals surface area contributed by atoms with Gasteiger partial charge in [0.05, 0.1) is 10.7 Å². The van der Waals surface area contributed by atoms with Gasteiger partial charge in [-0.3, -0.25) is 4.79 Å². The second-order valence-electron chi connectivity index (χ2n) is 5.37. The van der Waals surface area contributed by atoms with E-state index in [1.807, 2.05) is 0 Å². The summed E-state index contributed by atoms with van der Waals surface area (Å²) in [5, 5.41) is 0.452. The van der Waals surface area contributed by atoms with E-state index in [4.69, 9.17) is 11.6 Å². The molecule has 0 atom stereocenters. The van der Waals surface area contributed by atoms with Crippen LogP contribution in [0, 0.1) is 0 Å². The fourth-order valence-electron chi connectivity index (χ4n) is 2.48. The van der Waals surface area contributed by atoms with Crippen molar-refractivity contribution < 1.29 is 22.7 Å². The summed E-state index contributed by atoms with van der Waals surface area (Å²) in [7, 11) is 0. The van der Waals surface area contributed by atoms with Crippen molar-refractivity contribution in [1.29, 1.82) is 0 Å². The zero-order chi connectivity index (χ0) is 18.0. The predicted octanol–water partition coefficient (Wildman–Crippen LogP) is 4.24. The van der Waals surface area contributed by atoms with Crippen molar-refractivity contribution >= 4 is 23.0 Å². The molecular formula is C17H12ClF3N2O2. The lowest BCUT2D eigenvalue weighted by molar-refractivity contribution is -0.274. The van der Waals surface area contributed by atoms with Crippen LogP contribution in [-0.4, -0.2) is 21.5 Å². The molecule has 0 saturated heterocycles. The van der Waals surface area contributed by atoms with Gasteiger partial charge in [-0.15, -0.1) is 13.2 Å². The molecule has 3 rings (SSSR count). The van der Waals surface area contributed by atoms with Crippen LogP contribution < -0.4 is 4.74 Å². The number of ether oxygens (including phenoxy) is 1. The van der Waals surface area contributed by atoms with E-state index < -0.39 is 6.36 Å².